The molecular weight excluding hydrogens is 226 g/mol. The predicted octanol–water partition coefficient (Wildman–Crippen LogP) is 3.33. The zero-order valence-corrected chi connectivity index (χ0v) is 11.5. The Hall–Kier alpha value is -1.51. The standard InChI is InChI=1S/C15H23NO2/c1-4-11-8-7-9-12(5-2)14(11)16-10-13(6-3)15(17)18/h7-9,13,16H,4-6,10H2,1-3H3,(H,17,18). The molecule has 0 heterocycles. The van der Waals surface area contributed by atoms with Crippen LogP contribution in [0.2, 0.25) is 0 Å². The van der Waals surface area contributed by atoms with E-state index in [-0.39, 0.29) is 5.92 Å². The van der Waals surface area contributed by atoms with Gasteiger partial charge in [-0.05, 0) is 30.4 Å². The Morgan fingerprint density at radius 1 is 1.22 bits per heavy atom. The molecule has 0 aliphatic rings. The first kappa shape index (κ1) is 14.6. The number of rotatable bonds is 7. The maximum absolute atomic E-state index is 11.0. The lowest BCUT2D eigenvalue weighted by Crippen LogP contribution is -2.23. The molecule has 18 heavy (non-hydrogen) atoms. The van der Waals surface area contributed by atoms with Gasteiger partial charge in [0.2, 0.25) is 0 Å². The molecule has 0 aromatic heterocycles. The smallest absolute Gasteiger partial charge is 0.308 e. The van der Waals surface area contributed by atoms with Crippen molar-refractivity contribution in [1.82, 2.24) is 0 Å². The van der Waals surface area contributed by atoms with E-state index in [1.807, 2.05) is 6.92 Å². The second kappa shape index (κ2) is 7.04. The van der Waals surface area contributed by atoms with Crippen molar-refractivity contribution < 1.29 is 9.90 Å². The minimum absolute atomic E-state index is 0.320. The average Bonchev–Trinajstić information content (AvgIpc) is 2.38. The summed E-state index contributed by atoms with van der Waals surface area (Å²) >= 11 is 0. The van der Waals surface area contributed by atoms with Crippen LogP contribution < -0.4 is 5.32 Å². The molecule has 1 unspecified atom stereocenters. The molecule has 3 nitrogen and oxygen atoms in total. The van der Waals surface area contributed by atoms with Crippen LogP contribution in [0.25, 0.3) is 0 Å². The minimum Gasteiger partial charge on any atom is -0.481 e. The number of carbonyl (C=O) groups is 1. The Labute approximate surface area is 109 Å². The van der Waals surface area contributed by atoms with Crippen LogP contribution in [0.5, 0.6) is 0 Å². The Kier molecular flexibility index (Phi) is 5.69. The van der Waals surface area contributed by atoms with Crippen molar-refractivity contribution in [3.8, 4) is 0 Å². The molecule has 0 amide bonds. The molecule has 2 N–H and O–H groups in total. The fourth-order valence-corrected chi connectivity index (χ4v) is 2.10. The molecule has 0 saturated carbocycles. The molecule has 0 spiro atoms. The van der Waals surface area contributed by atoms with Crippen LogP contribution in [0.4, 0.5) is 5.69 Å². The molecule has 0 radical (unpaired) electrons. The van der Waals surface area contributed by atoms with E-state index in [4.69, 9.17) is 5.11 Å². The van der Waals surface area contributed by atoms with Crippen LogP contribution in [0.15, 0.2) is 18.2 Å². The fourth-order valence-electron chi connectivity index (χ4n) is 2.10. The van der Waals surface area contributed by atoms with E-state index in [9.17, 15) is 4.79 Å². The van der Waals surface area contributed by atoms with Crippen LogP contribution in [0.3, 0.4) is 0 Å². The number of aryl methyl sites for hydroxylation is 2. The van der Waals surface area contributed by atoms with E-state index in [2.05, 4.69) is 37.4 Å². The van der Waals surface area contributed by atoms with Gasteiger partial charge >= 0.3 is 5.97 Å². The number of nitrogens with one attached hydrogen (secondary N) is 1. The van der Waals surface area contributed by atoms with Crippen molar-refractivity contribution in [2.75, 3.05) is 11.9 Å². The summed E-state index contributed by atoms with van der Waals surface area (Å²) in [5.41, 5.74) is 3.64. The van der Waals surface area contributed by atoms with Gasteiger partial charge in [-0.2, -0.15) is 0 Å². The zero-order valence-electron chi connectivity index (χ0n) is 11.5. The van der Waals surface area contributed by atoms with Crippen molar-refractivity contribution in [2.45, 2.75) is 40.0 Å². The maximum atomic E-state index is 11.0. The van der Waals surface area contributed by atoms with E-state index in [1.54, 1.807) is 0 Å². The van der Waals surface area contributed by atoms with Gasteiger partial charge in [-0.1, -0.05) is 39.0 Å². The van der Waals surface area contributed by atoms with E-state index < -0.39 is 5.97 Å². The molecule has 0 fully saturated rings. The molecule has 0 aliphatic heterocycles. The number of hydrogen-bond donors (Lipinski definition) is 2. The lowest BCUT2D eigenvalue weighted by Gasteiger charge is -2.18. The first-order valence-electron chi connectivity index (χ1n) is 6.71. The lowest BCUT2D eigenvalue weighted by molar-refractivity contribution is -0.141. The molecule has 1 aromatic rings. The number of anilines is 1. The van der Waals surface area contributed by atoms with E-state index in [0.717, 1.165) is 18.5 Å². The fraction of sp³-hybridized carbons (Fsp3) is 0.533. The van der Waals surface area contributed by atoms with Gasteiger partial charge in [0.15, 0.2) is 0 Å². The van der Waals surface area contributed by atoms with Crippen molar-refractivity contribution in [1.29, 1.82) is 0 Å². The second-order valence-corrected chi connectivity index (χ2v) is 4.48. The summed E-state index contributed by atoms with van der Waals surface area (Å²) in [4.78, 5) is 11.0. The van der Waals surface area contributed by atoms with E-state index in [1.165, 1.54) is 11.1 Å². The van der Waals surface area contributed by atoms with Crippen molar-refractivity contribution in [2.24, 2.45) is 5.92 Å². The summed E-state index contributed by atoms with van der Waals surface area (Å²) in [6, 6.07) is 6.27. The summed E-state index contributed by atoms with van der Waals surface area (Å²) in [6.07, 6.45) is 2.57. The van der Waals surface area contributed by atoms with E-state index >= 15 is 0 Å². The van der Waals surface area contributed by atoms with Crippen molar-refractivity contribution in [3.63, 3.8) is 0 Å². The Morgan fingerprint density at radius 3 is 2.17 bits per heavy atom. The first-order chi connectivity index (χ1) is 8.63. The summed E-state index contributed by atoms with van der Waals surface area (Å²) in [5.74, 6) is -1.04. The van der Waals surface area contributed by atoms with Crippen LogP contribution in [-0.4, -0.2) is 17.6 Å². The van der Waals surface area contributed by atoms with Gasteiger partial charge in [0.1, 0.15) is 0 Å². The van der Waals surface area contributed by atoms with Gasteiger partial charge in [-0.25, -0.2) is 0 Å². The topological polar surface area (TPSA) is 49.3 Å². The highest BCUT2D eigenvalue weighted by Gasteiger charge is 2.15. The van der Waals surface area contributed by atoms with Gasteiger partial charge in [0.05, 0.1) is 5.92 Å². The van der Waals surface area contributed by atoms with Gasteiger partial charge in [0.25, 0.3) is 0 Å². The van der Waals surface area contributed by atoms with Gasteiger partial charge in [0, 0.05) is 12.2 Å². The minimum atomic E-state index is -0.725. The highest BCUT2D eigenvalue weighted by Crippen LogP contribution is 2.23. The Balaban J connectivity index is 2.85. The quantitative estimate of drug-likeness (QED) is 0.779. The summed E-state index contributed by atoms with van der Waals surface area (Å²) in [5, 5.41) is 12.4. The molecule has 1 atom stereocenters. The first-order valence-corrected chi connectivity index (χ1v) is 6.71. The van der Waals surface area contributed by atoms with Gasteiger partial charge in [-0.3, -0.25) is 4.79 Å². The van der Waals surface area contributed by atoms with E-state index in [0.29, 0.717) is 13.0 Å². The Bertz CT molecular complexity index is 379. The highest BCUT2D eigenvalue weighted by atomic mass is 16.4. The second-order valence-electron chi connectivity index (χ2n) is 4.48. The molecule has 3 heteroatoms. The monoisotopic (exact) mass is 249 g/mol. The molecule has 100 valence electrons. The number of para-hydroxylation sites is 1. The molecule has 0 bridgehead atoms. The number of carboxylic acid groups (broad SMARTS) is 1. The van der Waals surface area contributed by atoms with Crippen molar-refractivity contribution in [3.05, 3.63) is 29.3 Å². The number of carboxylic acids is 1. The molecule has 0 aliphatic carbocycles. The van der Waals surface area contributed by atoms with Crippen LogP contribution in [0.1, 0.15) is 38.3 Å². The van der Waals surface area contributed by atoms with Gasteiger partial charge < -0.3 is 10.4 Å². The lowest BCUT2D eigenvalue weighted by atomic mass is 10.0. The van der Waals surface area contributed by atoms with Gasteiger partial charge in [-0.15, -0.1) is 0 Å². The number of benzene rings is 1. The average molecular weight is 249 g/mol. The highest BCUT2D eigenvalue weighted by molar-refractivity contribution is 5.71. The maximum Gasteiger partial charge on any atom is 0.308 e. The summed E-state index contributed by atoms with van der Waals surface area (Å²) < 4.78 is 0. The molecule has 1 aromatic carbocycles. The van der Waals surface area contributed by atoms with Crippen molar-refractivity contribution >= 4 is 11.7 Å². The normalized spacial score (nSPS) is 12.2. The predicted molar refractivity (Wildman–Crippen MR) is 75.1 cm³/mol. The Morgan fingerprint density at radius 2 is 1.78 bits per heavy atom. The summed E-state index contributed by atoms with van der Waals surface area (Å²) in [7, 11) is 0. The largest absolute Gasteiger partial charge is 0.481 e. The molecule has 0 saturated heterocycles. The SMILES string of the molecule is CCc1cccc(CC)c1NCC(CC)C(=O)O. The number of hydrogen-bond acceptors (Lipinski definition) is 2. The third-order valence-corrected chi connectivity index (χ3v) is 3.37. The molecular formula is C15H23NO2. The van der Waals surface area contributed by atoms with Crippen LogP contribution in [0, 0.1) is 5.92 Å². The van der Waals surface area contributed by atoms with Crippen LogP contribution >= 0.6 is 0 Å². The number of aliphatic carboxylic acids is 1. The summed E-state index contributed by atoms with van der Waals surface area (Å²) in [6.45, 7) is 6.64. The third kappa shape index (κ3) is 3.49. The third-order valence-electron chi connectivity index (χ3n) is 3.37. The van der Waals surface area contributed by atoms with Crippen LogP contribution in [-0.2, 0) is 17.6 Å². The molecule has 1 rings (SSSR count). The zero-order chi connectivity index (χ0) is 13.5.